The summed E-state index contributed by atoms with van der Waals surface area (Å²) in [7, 11) is 0. The Labute approximate surface area is 194 Å². The van der Waals surface area contributed by atoms with Crippen LogP contribution in [0.1, 0.15) is 24.8 Å². The number of aromatic nitrogens is 2. The van der Waals surface area contributed by atoms with Crippen LogP contribution in [0.25, 0.3) is 10.9 Å². The first-order valence-corrected chi connectivity index (χ1v) is 11.9. The van der Waals surface area contributed by atoms with Crippen LogP contribution >= 0.6 is 0 Å². The minimum atomic E-state index is -0.132. The Morgan fingerprint density at radius 1 is 0.879 bits per heavy atom. The number of carbonyl (C=O) groups excluding carboxylic acids is 1. The van der Waals surface area contributed by atoms with Gasteiger partial charge >= 0.3 is 0 Å². The fraction of sp³-hybridized carbons (Fsp3) is 0.423. The first-order valence-electron chi connectivity index (χ1n) is 11.9. The highest BCUT2D eigenvalue weighted by Crippen LogP contribution is 2.21. The summed E-state index contributed by atoms with van der Waals surface area (Å²) in [5.74, 6) is 0.612. The van der Waals surface area contributed by atoms with Gasteiger partial charge in [-0.15, -0.1) is 0 Å². The maximum Gasteiger partial charge on any atom is 0.263 e. The highest BCUT2D eigenvalue weighted by atomic mass is 16.2. The lowest BCUT2D eigenvalue weighted by Crippen LogP contribution is -2.50. The van der Waals surface area contributed by atoms with Crippen LogP contribution in [0.2, 0.25) is 0 Å². The molecule has 0 radical (unpaired) electrons. The van der Waals surface area contributed by atoms with Gasteiger partial charge in [0, 0.05) is 45.0 Å². The number of carbonyl (C=O) groups is 1. The van der Waals surface area contributed by atoms with Gasteiger partial charge in [-0.3, -0.25) is 14.2 Å². The number of hydrogen-bond acceptors (Lipinski definition) is 5. The van der Waals surface area contributed by atoms with E-state index in [2.05, 4.69) is 41.0 Å². The quantitative estimate of drug-likeness (QED) is 0.618. The Kier molecular flexibility index (Phi) is 6.03. The molecule has 0 unspecified atom stereocenters. The smallest absolute Gasteiger partial charge is 0.263 e. The van der Waals surface area contributed by atoms with Crippen LogP contribution in [0, 0.1) is 6.92 Å². The van der Waals surface area contributed by atoms with E-state index in [1.807, 2.05) is 23.1 Å². The number of piperazine rings is 1. The van der Waals surface area contributed by atoms with E-state index in [0.717, 1.165) is 39.0 Å². The van der Waals surface area contributed by atoms with E-state index < -0.39 is 0 Å². The van der Waals surface area contributed by atoms with E-state index in [-0.39, 0.29) is 18.0 Å². The number of fused-ring (bicyclic) bond motifs is 1. The molecule has 0 aliphatic carbocycles. The molecule has 2 aliphatic heterocycles. The molecule has 1 aromatic heterocycles. The van der Waals surface area contributed by atoms with Gasteiger partial charge in [0.1, 0.15) is 6.54 Å². The number of amides is 1. The van der Waals surface area contributed by atoms with Crippen LogP contribution in [0.4, 0.5) is 11.6 Å². The number of aryl methyl sites for hydroxylation is 1. The van der Waals surface area contributed by atoms with Crippen LogP contribution in [-0.2, 0) is 11.3 Å². The van der Waals surface area contributed by atoms with Crippen LogP contribution < -0.4 is 15.4 Å². The molecule has 2 aromatic carbocycles. The monoisotopic (exact) mass is 445 g/mol. The van der Waals surface area contributed by atoms with Gasteiger partial charge in [0.05, 0.1) is 10.9 Å². The molecule has 5 rings (SSSR count). The van der Waals surface area contributed by atoms with Crippen molar-refractivity contribution >= 4 is 28.4 Å². The summed E-state index contributed by atoms with van der Waals surface area (Å²) in [4.78, 5) is 37.9. The van der Waals surface area contributed by atoms with Gasteiger partial charge in [0.2, 0.25) is 11.9 Å². The first kappa shape index (κ1) is 21.5. The van der Waals surface area contributed by atoms with Gasteiger partial charge in [0.15, 0.2) is 0 Å². The number of para-hydroxylation sites is 1. The predicted molar refractivity (Wildman–Crippen MR) is 132 cm³/mol. The third-order valence-electron chi connectivity index (χ3n) is 6.77. The third kappa shape index (κ3) is 4.45. The maximum atomic E-state index is 13.4. The van der Waals surface area contributed by atoms with Gasteiger partial charge in [-0.25, -0.2) is 4.98 Å². The second kappa shape index (κ2) is 9.25. The van der Waals surface area contributed by atoms with Crippen molar-refractivity contribution in [3.63, 3.8) is 0 Å². The van der Waals surface area contributed by atoms with Crippen molar-refractivity contribution < 1.29 is 4.79 Å². The standard InChI is InChI=1S/C26H31N5O2/c1-20-8-7-9-21(18-20)28-14-16-29(17-15-28)24(32)19-31-25(33)22-10-3-4-11-23(22)27-26(31)30-12-5-2-6-13-30/h3-4,7-11,18H,2,5-6,12-17,19H2,1H3. The molecule has 1 amide bonds. The molecule has 3 aromatic rings. The lowest BCUT2D eigenvalue weighted by molar-refractivity contribution is -0.132. The second-order valence-corrected chi connectivity index (χ2v) is 9.07. The summed E-state index contributed by atoms with van der Waals surface area (Å²) in [6, 6.07) is 15.9. The highest BCUT2D eigenvalue weighted by molar-refractivity contribution is 5.81. The number of hydrogen-bond donors (Lipinski definition) is 0. The molecular weight excluding hydrogens is 414 g/mol. The van der Waals surface area contributed by atoms with Crippen LogP contribution in [0.15, 0.2) is 53.3 Å². The maximum absolute atomic E-state index is 13.4. The molecule has 2 saturated heterocycles. The number of piperidine rings is 1. The summed E-state index contributed by atoms with van der Waals surface area (Å²) >= 11 is 0. The molecule has 0 bridgehead atoms. The lowest BCUT2D eigenvalue weighted by atomic mass is 10.1. The van der Waals surface area contributed by atoms with E-state index >= 15 is 0 Å². The number of benzene rings is 2. The molecule has 0 saturated carbocycles. The Morgan fingerprint density at radius 2 is 1.64 bits per heavy atom. The van der Waals surface area contributed by atoms with Gasteiger partial charge in [-0.2, -0.15) is 0 Å². The van der Waals surface area contributed by atoms with Gasteiger partial charge in [-0.05, 0) is 56.0 Å². The Morgan fingerprint density at radius 3 is 2.39 bits per heavy atom. The summed E-state index contributed by atoms with van der Waals surface area (Å²) in [6.45, 7) is 6.76. The third-order valence-corrected chi connectivity index (χ3v) is 6.77. The van der Waals surface area contributed by atoms with E-state index in [1.54, 1.807) is 10.6 Å². The average Bonchev–Trinajstić information content (AvgIpc) is 2.86. The van der Waals surface area contributed by atoms with Gasteiger partial charge < -0.3 is 14.7 Å². The van der Waals surface area contributed by atoms with E-state index in [1.165, 1.54) is 17.7 Å². The molecule has 3 heterocycles. The molecule has 33 heavy (non-hydrogen) atoms. The first-order chi connectivity index (χ1) is 16.1. The lowest BCUT2D eigenvalue weighted by Gasteiger charge is -2.36. The number of nitrogens with zero attached hydrogens (tertiary/aromatic N) is 5. The summed E-state index contributed by atoms with van der Waals surface area (Å²) in [5.41, 5.74) is 3.00. The second-order valence-electron chi connectivity index (χ2n) is 9.07. The molecule has 0 atom stereocenters. The van der Waals surface area contributed by atoms with Crippen molar-refractivity contribution in [2.75, 3.05) is 49.1 Å². The van der Waals surface area contributed by atoms with Crippen LogP contribution in [0.3, 0.4) is 0 Å². The van der Waals surface area contributed by atoms with Crippen molar-refractivity contribution in [3.05, 3.63) is 64.4 Å². The SMILES string of the molecule is Cc1cccc(N2CCN(C(=O)Cn3c(N4CCCCC4)nc4ccccc4c3=O)CC2)c1. The van der Waals surface area contributed by atoms with Crippen molar-refractivity contribution in [2.45, 2.75) is 32.7 Å². The summed E-state index contributed by atoms with van der Waals surface area (Å²) in [6.07, 6.45) is 3.35. The Hall–Kier alpha value is -3.35. The molecular formula is C26H31N5O2. The average molecular weight is 446 g/mol. The normalized spacial score (nSPS) is 16.9. The highest BCUT2D eigenvalue weighted by Gasteiger charge is 2.25. The summed E-state index contributed by atoms with van der Waals surface area (Å²) in [5, 5.41) is 0.565. The molecule has 7 heteroatoms. The van der Waals surface area contributed by atoms with Gasteiger partial charge in [-0.1, -0.05) is 24.3 Å². The largest absolute Gasteiger partial charge is 0.368 e. The zero-order chi connectivity index (χ0) is 22.8. The minimum absolute atomic E-state index is 0.0173. The van der Waals surface area contributed by atoms with Crippen molar-refractivity contribution in [1.82, 2.24) is 14.5 Å². The van der Waals surface area contributed by atoms with Gasteiger partial charge in [0.25, 0.3) is 5.56 Å². The van der Waals surface area contributed by atoms with Crippen molar-refractivity contribution in [2.24, 2.45) is 0 Å². The fourth-order valence-electron chi connectivity index (χ4n) is 4.91. The Bertz CT molecular complexity index is 1210. The molecule has 2 aliphatic rings. The van der Waals surface area contributed by atoms with Crippen molar-refractivity contribution in [3.8, 4) is 0 Å². The summed E-state index contributed by atoms with van der Waals surface area (Å²) < 4.78 is 1.60. The number of anilines is 2. The zero-order valence-electron chi connectivity index (χ0n) is 19.2. The topological polar surface area (TPSA) is 61.7 Å². The number of rotatable bonds is 4. The predicted octanol–water partition coefficient (Wildman–Crippen LogP) is 3.04. The molecule has 0 N–H and O–H groups in total. The molecule has 2 fully saturated rings. The molecule has 7 nitrogen and oxygen atoms in total. The van der Waals surface area contributed by atoms with Crippen LogP contribution in [0.5, 0.6) is 0 Å². The van der Waals surface area contributed by atoms with Crippen LogP contribution in [-0.4, -0.2) is 59.6 Å². The minimum Gasteiger partial charge on any atom is -0.368 e. The molecule has 172 valence electrons. The van der Waals surface area contributed by atoms with Crippen molar-refractivity contribution in [1.29, 1.82) is 0 Å². The molecule has 0 spiro atoms. The fourth-order valence-corrected chi connectivity index (χ4v) is 4.91. The van der Waals surface area contributed by atoms with E-state index in [4.69, 9.17) is 4.98 Å². The van der Waals surface area contributed by atoms with E-state index in [0.29, 0.717) is 29.9 Å². The zero-order valence-corrected chi connectivity index (χ0v) is 19.2. The Balaban J connectivity index is 1.36. The van der Waals surface area contributed by atoms with E-state index in [9.17, 15) is 9.59 Å².